The Balaban J connectivity index is 2.53. The van der Waals surface area contributed by atoms with Gasteiger partial charge in [0.2, 0.25) is 0 Å². The van der Waals surface area contributed by atoms with E-state index in [1.54, 1.807) is 24.3 Å². The molecule has 2 rings (SSSR count). The topological polar surface area (TPSA) is 28.7 Å². The predicted molar refractivity (Wildman–Crippen MR) is 72.3 cm³/mol. The summed E-state index contributed by atoms with van der Waals surface area (Å²) in [4.78, 5) is 6.42. The van der Waals surface area contributed by atoms with Crippen LogP contribution in [0.3, 0.4) is 0 Å². The second-order valence-electron chi connectivity index (χ2n) is 3.84. The van der Waals surface area contributed by atoms with Crippen LogP contribution in [0.2, 0.25) is 0 Å². The molecule has 0 unspecified atom stereocenters. The maximum absolute atomic E-state index is 12.4. The first-order valence-electron chi connectivity index (χ1n) is 5.28. The summed E-state index contributed by atoms with van der Waals surface area (Å²) in [6.07, 6.45) is -5.46. The monoisotopic (exact) mass is 348 g/mol. The largest absolute Gasteiger partial charge is 0.396 e. The van der Waals surface area contributed by atoms with Crippen LogP contribution in [-0.4, -0.2) is 16.1 Å². The zero-order valence-electron chi connectivity index (χ0n) is 9.46. The van der Waals surface area contributed by atoms with E-state index in [1.165, 1.54) is 0 Å². The molecule has 1 aromatic carbocycles. The number of nitrogens with zero attached hydrogens (tertiary/aromatic N) is 1. The van der Waals surface area contributed by atoms with Crippen molar-refractivity contribution in [3.8, 4) is 11.3 Å². The molecule has 0 saturated heterocycles. The summed E-state index contributed by atoms with van der Waals surface area (Å²) in [5, 5.41) is 0. The Morgan fingerprint density at radius 2 is 1.84 bits per heavy atom. The molecule has 1 N–H and O–H groups in total. The number of halogens is 4. The van der Waals surface area contributed by atoms with Gasteiger partial charge in [0.25, 0.3) is 0 Å². The van der Waals surface area contributed by atoms with Crippen LogP contribution in [0.15, 0.2) is 34.8 Å². The summed E-state index contributed by atoms with van der Waals surface area (Å²) in [5.74, 6) is -0.195. The summed E-state index contributed by atoms with van der Waals surface area (Å²) in [6.45, 7) is 0. The molecule has 1 aromatic heterocycles. The molecule has 0 saturated carbocycles. The van der Waals surface area contributed by atoms with Crippen LogP contribution < -0.4 is 0 Å². The lowest BCUT2D eigenvalue weighted by Crippen LogP contribution is -2.14. The lowest BCUT2D eigenvalue weighted by Gasteiger charge is -2.10. The van der Waals surface area contributed by atoms with Gasteiger partial charge in [-0.2, -0.15) is 13.2 Å². The first kappa shape index (κ1) is 14.2. The fourth-order valence-electron chi connectivity index (χ4n) is 1.58. The molecule has 2 aromatic rings. The first-order chi connectivity index (χ1) is 8.87. The fourth-order valence-corrected chi connectivity index (χ4v) is 2.21. The summed E-state index contributed by atoms with van der Waals surface area (Å²) >= 11 is 8.22. The molecule has 0 spiro atoms. The predicted octanol–water partition coefficient (Wildman–Crippen LogP) is 4.67. The van der Waals surface area contributed by atoms with Crippen molar-refractivity contribution in [3.05, 3.63) is 45.3 Å². The smallest absolute Gasteiger partial charge is 0.342 e. The molecule has 0 aliphatic heterocycles. The van der Waals surface area contributed by atoms with E-state index < -0.39 is 12.6 Å². The normalized spacial score (nSPS) is 11.6. The third-order valence-electron chi connectivity index (χ3n) is 2.34. The molecular weight excluding hydrogens is 341 g/mol. The number of alkyl halides is 3. The second kappa shape index (κ2) is 5.42. The number of hydrogen-bond donors (Lipinski definition) is 1. The Kier molecular flexibility index (Phi) is 4.05. The van der Waals surface area contributed by atoms with Crippen LogP contribution in [0.4, 0.5) is 13.2 Å². The van der Waals surface area contributed by atoms with Crippen LogP contribution in [0.1, 0.15) is 5.82 Å². The summed E-state index contributed by atoms with van der Waals surface area (Å²) < 4.78 is 37.8. The van der Waals surface area contributed by atoms with Gasteiger partial charge in [0.15, 0.2) is 0 Å². The highest BCUT2D eigenvalue weighted by molar-refractivity contribution is 9.10. The van der Waals surface area contributed by atoms with Gasteiger partial charge in [-0.1, -0.05) is 42.5 Å². The van der Waals surface area contributed by atoms with Crippen LogP contribution >= 0.6 is 28.1 Å². The number of hydrogen-bond acceptors (Lipinski definition) is 2. The Hall–Kier alpha value is -1.21. The molecule has 7 heteroatoms. The van der Waals surface area contributed by atoms with Crippen molar-refractivity contribution in [1.82, 2.24) is 9.97 Å². The molecule has 0 amide bonds. The quantitative estimate of drug-likeness (QED) is 0.798. The highest BCUT2D eigenvalue weighted by Crippen LogP contribution is 2.28. The highest BCUT2D eigenvalue weighted by atomic mass is 79.9. The molecule has 0 aliphatic carbocycles. The van der Waals surface area contributed by atoms with Gasteiger partial charge in [-0.05, 0) is 21.5 Å². The Bertz CT molecular complexity index is 638. The third kappa shape index (κ3) is 3.63. The maximum Gasteiger partial charge on any atom is 0.396 e. The average Bonchev–Trinajstić information content (AvgIpc) is 2.33. The van der Waals surface area contributed by atoms with Crippen LogP contribution in [0.5, 0.6) is 0 Å². The van der Waals surface area contributed by atoms with Gasteiger partial charge in [-0.15, -0.1) is 0 Å². The van der Waals surface area contributed by atoms with E-state index in [1.807, 2.05) is 6.07 Å². The van der Waals surface area contributed by atoms with Crippen LogP contribution in [0, 0.1) is 4.64 Å². The van der Waals surface area contributed by atoms with Crippen molar-refractivity contribution in [1.29, 1.82) is 0 Å². The Morgan fingerprint density at radius 1 is 1.21 bits per heavy atom. The van der Waals surface area contributed by atoms with Gasteiger partial charge < -0.3 is 4.98 Å². The average molecular weight is 349 g/mol. The number of aromatic nitrogens is 2. The molecule has 1 heterocycles. The maximum atomic E-state index is 12.4. The van der Waals surface area contributed by atoms with E-state index in [2.05, 4.69) is 25.9 Å². The minimum Gasteiger partial charge on any atom is -0.342 e. The lowest BCUT2D eigenvalue weighted by molar-refractivity contribution is -0.128. The number of H-pyrrole nitrogens is 1. The number of benzene rings is 1. The van der Waals surface area contributed by atoms with E-state index in [0.29, 0.717) is 10.2 Å². The molecule has 0 aliphatic rings. The van der Waals surface area contributed by atoms with Gasteiger partial charge >= 0.3 is 6.18 Å². The van der Waals surface area contributed by atoms with E-state index in [-0.39, 0.29) is 10.5 Å². The molecule has 0 fully saturated rings. The van der Waals surface area contributed by atoms with Crippen molar-refractivity contribution in [2.75, 3.05) is 0 Å². The van der Waals surface area contributed by atoms with Crippen LogP contribution in [0.25, 0.3) is 11.3 Å². The highest BCUT2D eigenvalue weighted by Gasteiger charge is 2.29. The molecule has 100 valence electrons. The van der Waals surface area contributed by atoms with Gasteiger partial charge in [0.05, 0.1) is 10.2 Å². The zero-order chi connectivity index (χ0) is 14.0. The van der Waals surface area contributed by atoms with Crippen molar-refractivity contribution in [2.24, 2.45) is 0 Å². The summed E-state index contributed by atoms with van der Waals surface area (Å²) in [6, 6.07) is 8.97. The van der Waals surface area contributed by atoms with Gasteiger partial charge in [-0.25, -0.2) is 4.98 Å². The van der Waals surface area contributed by atoms with E-state index in [4.69, 9.17) is 12.2 Å². The number of rotatable bonds is 2. The second-order valence-corrected chi connectivity index (χ2v) is 5.02. The molecule has 2 nitrogen and oxygen atoms in total. The molecule has 0 radical (unpaired) electrons. The molecule has 19 heavy (non-hydrogen) atoms. The Labute approximate surface area is 120 Å². The van der Waals surface area contributed by atoms with Gasteiger partial charge in [0, 0.05) is 0 Å². The van der Waals surface area contributed by atoms with Gasteiger partial charge in [0.1, 0.15) is 16.9 Å². The van der Waals surface area contributed by atoms with Crippen molar-refractivity contribution in [3.63, 3.8) is 0 Å². The number of aromatic amines is 1. The van der Waals surface area contributed by atoms with E-state index in [0.717, 1.165) is 5.56 Å². The molecular formula is C12H8BrF3N2S. The molecule has 0 atom stereocenters. The van der Waals surface area contributed by atoms with Crippen LogP contribution in [-0.2, 0) is 6.42 Å². The van der Waals surface area contributed by atoms with Crippen molar-refractivity contribution in [2.45, 2.75) is 12.6 Å². The Morgan fingerprint density at radius 3 is 2.42 bits per heavy atom. The summed E-state index contributed by atoms with van der Waals surface area (Å²) in [7, 11) is 0. The van der Waals surface area contributed by atoms with E-state index in [9.17, 15) is 13.2 Å². The van der Waals surface area contributed by atoms with E-state index >= 15 is 0 Å². The zero-order valence-corrected chi connectivity index (χ0v) is 11.9. The van der Waals surface area contributed by atoms with Crippen molar-refractivity contribution < 1.29 is 13.2 Å². The SMILES string of the molecule is FC(F)(F)Cc1nc(=S)c(Br)c(-c2ccccc2)[nH]1. The number of nitrogens with one attached hydrogen (secondary N) is 1. The first-order valence-corrected chi connectivity index (χ1v) is 6.48. The molecule has 0 bridgehead atoms. The fraction of sp³-hybridized carbons (Fsp3) is 0.167. The minimum atomic E-state index is -4.33. The summed E-state index contributed by atoms with van der Waals surface area (Å²) in [5.41, 5.74) is 1.24. The standard InChI is InChI=1S/C12H8BrF3N2S/c13-9-10(7-4-2-1-3-5-7)17-8(18-11(9)19)6-12(14,15)16/h1-5H,6H2,(H,17,18,19). The third-order valence-corrected chi connectivity index (χ3v) is 3.67. The minimum absolute atomic E-state index is 0.108. The lowest BCUT2D eigenvalue weighted by atomic mass is 10.1. The van der Waals surface area contributed by atoms with Crippen molar-refractivity contribution >= 4 is 28.1 Å². The van der Waals surface area contributed by atoms with Gasteiger partial charge in [-0.3, -0.25) is 0 Å².